The number of hydrogen-bond acceptors (Lipinski definition) is 3. The molecule has 1 saturated carbocycles. The first kappa shape index (κ1) is 21.1. The molecule has 2 atom stereocenters. The number of rotatable bonds is 5. The zero-order valence-corrected chi connectivity index (χ0v) is 19.0. The van der Waals surface area contributed by atoms with Gasteiger partial charge in [0, 0.05) is 43.2 Å². The Kier molecular flexibility index (Phi) is 7.27. The number of morpholine rings is 1. The number of fused-ring (bicyclic) bond motifs is 1. The molecule has 2 saturated heterocycles. The van der Waals surface area contributed by atoms with Gasteiger partial charge in [-0.05, 0) is 49.9 Å². The van der Waals surface area contributed by atoms with Gasteiger partial charge in [-0.3, -0.25) is 9.89 Å². The van der Waals surface area contributed by atoms with Crippen LogP contribution in [0.25, 0.3) is 0 Å². The summed E-state index contributed by atoms with van der Waals surface area (Å²) in [7, 11) is 1.83. The van der Waals surface area contributed by atoms with Gasteiger partial charge < -0.3 is 15.4 Å². The van der Waals surface area contributed by atoms with E-state index < -0.39 is 0 Å². The average Bonchev–Trinajstić information content (AvgIpc) is 3.31. The number of halogens is 2. The molecule has 0 amide bonds. The van der Waals surface area contributed by atoms with E-state index in [1.165, 1.54) is 37.8 Å². The number of hydrogen-bond donors (Lipinski definition) is 2. The minimum absolute atomic E-state index is 0. The van der Waals surface area contributed by atoms with Crippen molar-refractivity contribution in [2.45, 2.75) is 43.2 Å². The van der Waals surface area contributed by atoms with E-state index >= 15 is 0 Å². The normalized spacial score (nSPS) is 26.8. The van der Waals surface area contributed by atoms with Gasteiger partial charge >= 0.3 is 0 Å². The summed E-state index contributed by atoms with van der Waals surface area (Å²) in [5.74, 6) is 0.852. The highest BCUT2D eigenvalue weighted by Crippen LogP contribution is 2.48. The third-order valence-electron chi connectivity index (χ3n) is 6.07. The zero-order chi connectivity index (χ0) is 18.0. The molecule has 0 aromatic heterocycles. The molecule has 3 fully saturated rings. The summed E-state index contributed by atoms with van der Waals surface area (Å²) in [6, 6.07) is 8.89. The topological polar surface area (TPSA) is 48.9 Å². The first-order chi connectivity index (χ1) is 12.7. The summed E-state index contributed by atoms with van der Waals surface area (Å²) in [5, 5.41) is 7.76. The molecule has 150 valence electrons. The van der Waals surface area contributed by atoms with Gasteiger partial charge in [-0.15, -0.1) is 24.0 Å². The second kappa shape index (κ2) is 9.29. The van der Waals surface area contributed by atoms with Crippen LogP contribution in [0.1, 0.15) is 31.2 Å². The average molecular weight is 505 g/mol. The van der Waals surface area contributed by atoms with Crippen LogP contribution in [-0.4, -0.2) is 62.8 Å². The molecule has 7 heteroatoms. The largest absolute Gasteiger partial charge is 0.373 e. The molecule has 1 aliphatic carbocycles. The molecule has 2 aliphatic heterocycles. The van der Waals surface area contributed by atoms with Crippen molar-refractivity contribution in [2.24, 2.45) is 4.99 Å². The van der Waals surface area contributed by atoms with Crippen molar-refractivity contribution >= 4 is 41.5 Å². The van der Waals surface area contributed by atoms with Gasteiger partial charge in [0.1, 0.15) is 0 Å². The fourth-order valence-corrected chi connectivity index (χ4v) is 4.42. The first-order valence-electron chi connectivity index (χ1n) is 9.75. The van der Waals surface area contributed by atoms with Crippen LogP contribution in [0.15, 0.2) is 29.3 Å². The molecule has 0 bridgehead atoms. The summed E-state index contributed by atoms with van der Waals surface area (Å²) in [5.41, 5.74) is 1.52. The van der Waals surface area contributed by atoms with Crippen LogP contribution in [0.4, 0.5) is 0 Å². The van der Waals surface area contributed by atoms with E-state index in [2.05, 4.69) is 32.7 Å². The van der Waals surface area contributed by atoms with Crippen LogP contribution in [0, 0.1) is 0 Å². The molecule has 5 nitrogen and oxygen atoms in total. The lowest BCUT2D eigenvalue weighted by molar-refractivity contribution is -0.0453. The second-order valence-corrected chi connectivity index (χ2v) is 8.28. The highest BCUT2D eigenvalue weighted by atomic mass is 127. The van der Waals surface area contributed by atoms with Crippen molar-refractivity contribution < 1.29 is 4.74 Å². The van der Waals surface area contributed by atoms with Crippen LogP contribution in [0.5, 0.6) is 0 Å². The lowest BCUT2D eigenvalue weighted by atomic mass is 9.96. The number of nitrogens with one attached hydrogen (secondary N) is 2. The van der Waals surface area contributed by atoms with Crippen molar-refractivity contribution in [2.75, 3.05) is 39.8 Å². The standard InChI is InChI=1S/C20H29ClN4O.HI/c1-22-19(23-11-18-12-25-9-3-6-17(25)13-26-18)24-14-20(7-8-20)15-4-2-5-16(21)10-15;/h2,4-5,10,17-18H,3,6-9,11-14H2,1H3,(H2,22,23,24);1H. The first-order valence-corrected chi connectivity index (χ1v) is 10.1. The van der Waals surface area contributed by atoms with E-state index in [-0.39, 0.29) is 35.5 Å². The molecule has 27 heavy (non-hydrogen) atoms. The minimum atomic E-state index is 0. The van der Waals surface area contributed by atoms with Gasteiger partial charge in [-0.2, -0.15) is 0 Å². The minimum Gasteiger partial charge on any atom is -0.373 e. The maximum absolute atomic E-state index is 6.17. The lowest BCUT2D eigenvalue weighted by Crippen LogP contribution is -2.51. The predicted molar refractivity (Wildman–Crippen MR) is 121 cm³/mol. The maximum atomic E-state index is 6.17. The van der Waals surface area contributed by atoms with Gasteiger partial charge in [-0.1, -0.05) is 23.7 Å². The summed E-state index contributed by atoms with van der Waals surface area (Å²) >= 11 is 6.17. The monoisotopic (exact) mass is 504 g/mol. The SMILES string of the molecule is CN=C(NCC1CN2CCCC2CO1)NCC1(c2cccc(Cl)c2)CC1.I. The molecule has 1 aromatic carbocycles. The van der Waals surface area contributed by atoms with Gasteiger partial charge in [0.15, 0.2) is 5.96 Å². The molecule has 3 aliphatic rings. The van der Waals surface area contributed by atoms with Crippen LogP contribution in [0.3, 0.4) is 0 Å². The smallest absolute Gasteiger partial charge is 0.191 e. The van der Waals surface area contributed by atoms with Crippen LogP contribution >= 0.6 is 35.6 Å². The molecule has 2 heterocycles. The Balaban J connectivity index is 0.00000210. The van der Waals surface area contributed by atoms with Crippen LogP contribution in [-0.2, 0) is 10.2 Å². The quantitative estimate of drug-likeness (QED) is 0.368. The second-order valence-electron chi connectivity index (χ2n) is 7.84. The molecule has 0 spiro atoms. The summed E-state index contributed by atoms with van der Waals surface area (Å²) in [6.07, 6.45) is 5.22. The molecular weight excluding hydrogens is 475 g/mol. The molecule has 4 rings (SSSR count). The molecule has 1 aromatic rings. The Hall–Kier alpha value is -0.570. The Morgan fingerprint density at radius 3 is 2.96 bits per heavy atom. The van der Waals surface area contributed by atoms with E-state index in [9.17, 15) is 0 Å². The number of benzene rings is 1. The van der Waals surface area contributed by atoms with Crippen molar-refractivity contribution in [3.63, 3.8) is 0 Å². The molecular formula is C20H30ClIN4O. The van der Waals surface area contributed by atoms with Crippen molar-refractivity contribution in [1.29, 1.82) is 0 Å². The van der Waals surface area contributed by atoms with Crippen molar-refractivity contribution in [3.05, 3.63) is 34.9 Å². The molecule has 2 unspecified atom stereocenters. The molecule has 0 radical (unpaired) electrons. The fraction of sp³-hybridized carbons (Fsp3) is 0.650. The Labute approximate surface area is 184 Å². The van der Waals surface area contributed by atoms with Crippen LogP contribution in [0.2, 0.25) is 5.02 Å². The summed E-state index contributed by atoms with van der Waals surface area (Å²) < 4.78 is 6.03. The highest BCUT2D eigenvalue weighted by molar-refractivity contribution is 14.0. The van der Waals surface area contributed by atoms with E-state index in [1.807, 2.05) is 19.2 Å². The van der Waals surface area contributed by atoms with Gasteiger partial charge in [0.2, 0.25) is 0 Å². The third kappa shape index (κ3) is 5.08. The van der Waals surface area contributed by atoms with Gasteiger partial charge in [0.05, 0.1) is 12.7 Å². The Bertz CT molecular complexity index is 667. The van der Waals surface area contributed by atoms with Crippen molar-refractivity contribution in [1.82, 2.24) is 15.5 Å². The van der Waals surface area contributed by atoms with Gasteiger partial charge in [-0.25, -0.2) is 0 Å². The fourth-order valence-electron chi connectivity index (χ4n) is 4.23. The number of guanidine groups is 1. The van der Waals surface area contributed by atoms with Crippen molar-refractivity contribution in [3.8, 4) is 0 Å². The Morgan fingerprint density at radius 2 is 2.22 bits per heavy atom. The number of aliphatic imine (C=N–C) groups is 1. The van der Waals surface area contributed by atoms with Gasteiger partial charge in [0.25, 0.3) is 0 Å². The van der Waals surface area contributed by atoms with E-state index in [4.69, 9.17) is 16.3 Å². The predicted octanol–water partition coefficient (Wildman–Crippen LogP) is 3.02. The van der Waals surface area contributed by atoms with E-state index in [1.54, 1.807) is 0 Å². The van der Waals surface area contributed by atoms with Crippen LogP contribution < -0.4 is 10.6 Å². The van der Waals surface area contributed by atoms with E-state index in [0.717, 1.165) is 37.2 Å². The number of nitrogens with zero attached hydrogens (tertiary/aromatic N) is 2. The zero-order valence-electron chi connectivity index (χ0n) is 15.9. The lowest BCUT2D eigenvalue weighted by Gasteiger charge is -2.35. The third-order valence-corrected chi connectivity index (χ3v) is 6.30. The summed E-state index contributed by atoms with van der Waals surface area (Å²) in [6.45, 7) is 4.80. The Morgan fingerprint density at radius 1 is 1.37 bits per heavy atom. The maximum Gasteiger partial charge on any atom is 0.191 e. The highest BCUT2D eigenvalue weighted by Gasteiger charge is 2.44. The summed E-state index contributed by atoms with van der Waals surface area (Å²) in [4.78, 5) is 6.95. The number of ether oxygens (including phenoxy) is 1. The molecule has 2 N–H and O–H groups in total. The van der Waals surface area contributed by atoms with E-state index in [0.29, 0.717) is 6.04 Å².